The molecular formula is C24H22F2N4O3S2. The normalized spacial score (nSPS) is 11.8. The molecule has 4 aromatic rings. The van der Waals surface area contributed by atoms with Gasteiger partial charge in [0.25, 0.3) is 5.56 Å². The van der Waals surface area contributed by atoms with Gasteiger partial charge in [0.15, 0.2) is 5.16 Å². The maximum Gasteiger partial charge on any atom is 0.260 e. The molecule has 35 heavy (non-hydrogen) atoms. The average Bonchev–Trinajstić information content (AvgIpc) is 2.80. The van der Waals surface area contributed by atoms with Crippen LogP contribution in [0.15, 0.2) is 64.7 Å². The van der Waals surface area contributed by atoms with Gasteiger partial charge in [-0.3, -0.25) is 14.1 Å². The van der Waals surface area contributed by atoms with Crippen molar-refractivity contribution >= 4 is 38.5 Å². The number of halogens is 2. The van der Waals surface area contributed by atoms with Gasteiger partial charge in [0.1, 0.15) is 17.3 Å². The van der Waals surface area contributed by atoms with Crippen molar-refractivity contribution in [3.8, 4) is 11.1 Å². The summed E-state index contributed by atoms with van der Waals surface area (Å²) < 4.78 is 57.5. The molecule has 2 aromatic carbocycles. The van der Waals surface area contributed by atoms with Crippen molar-refractivity contribution in [2.45, 2.75) is 30.8 Å². The van der Waals surface area contributed by atoms with Crippen LogP contribution in [0.1, 0.15) is 25.5 Å². The maximum atomic E-state index is 15.0. The predicted octanol–water partition coefficient (Wildman–Crippen LogP) is 4.98. The highest BCUT2D eigenvalue weighted by Gasteiger charge is 2.19. The van der Waals surface area contributed by atoms with Gasteiger partial charge in [-0.25, -0.2) is 27.2 Å². The van der Waals surface area contributed by atoms with Gasteiger partial charge in [-0.1, -0.05) is 36.0 Å². The zero-order valence-electron chi connectivity index (χ0n) is 19.1. The Morgan fingerprint density at radius 2 is 1.83 bits per heavy atom. The summed E-state index contributed by atoms with van der Waals surface area (Å²) in [5.74, 6) is -2.19. The number of pyridine rings is 1. The van der Waals surface area contributed by atoms with E-state index >= 15 is 0 Å². The van der Waals surface area contributed by atoms with Crippen LogP contribution >= 0.6 is 11.8 Å². The van der Waals surface area contributed by atoms with E-state index in [1.807, 2.05) is 20.1 Å². The van der Waals surface area contributed by atoms with Crippen molar-refractivity contribution in [2.24, 2.45) is 0 Å². The highest BCUT2D eigenvalue weighted by molar-refractivity contribution is 7.98. The maximum absolute atomic E-state index is 15.0. The minimum atomic E-state index is -4.09. The number of rotatable bonds is 7. The molecule has 0 unspecified atom stereocenters. The molecule has 0 aliphatic rings. The van der Waals surface area contributed by atoms with Crippen LogP contribution < -0.4 is 10.3 Å². The first kappa shape index (κ1) is 24.8. The van der Waals surface area contributed by atoms with Crippen LogP contribution in [0.3, 0.4) is 0 Å². The Hall–Kier alpha value is -3.31. The summed E-state index contributed by atoms with van der Waals surface area (Å²) in [5.41, 5.74) is 0.287. The molecule has 0 amide bonds. The molecule has 2 heterocycles. The first-order chi connectivity index (χ1) is 16.6. The van der Waals surface area contributed by atoms with E-state index in [-0.39, 0.29) is 34.0 Å². The fraction of sp³-hybridized carbons (Fsp3) is 0.208. The number of sulfonamides is 1. The number of benzene rings is 2. The predicted molar refractivity (Wildman–Crippen MR) is 134 cm³/mol. The van der Waals surface area contributed by atoms with Gasteiger partial charge < -0.3 is 0 Å². The zero-order valence-corrected chi connectivity index (χ0v) is 20.8. The molecule has 0 atom stereocenters. The van der Waals surface area contributed by atoms with Gasteiger partial charge in [-0.2, -0.15) is 0 Å². The monoisotopic (exact) mass is 516 g/mol. The average molecular weight is 517 g/mol. The third kappa shape index (κ3) is 5.20. The third-order valence-electron chi connectivity index (χ3n) is 5.30. The van der Waals surface area contributed by atoms with E-state index in [0.29, 0.717) is 16.2 Å². The van der Waals surface area contributed by atoms with E-state index in [1.165, 1.54) is 46.7 Å². The van der Waals surface area contributed by atoms with Gasteiger partial charge in [-0.05, 0) is 49.9 Å². The molecule has 182 valence electrons. The molecule has 7 nitrogen and oxygen atoms in total. The highest BCUT2D eigenvalue weighted by Crippen LogP contribution is 2.27. The molecule has 2 aromatic heterocycles. The van der Waals surface area contributed by atoms with E-state index < -0.39 is 27.4 Å². The topological polar surface area (TPSA) is 94.0 Å². The van der Waals surface area contributed by atoms with Gasteiger partial charge in [0, 0.05) is 28.8 Å². The molecule has 0 spiro atoms. The Bertz CT molecular complexity index is 1590. The zero-order chi connectivity index (χ0) is 25.3. The number of hydrogen-bond donors (Lipinski definition) is 1. The van der Waals surface area contributed by atoms with Crippen LogP contribution in [0.5, 0.6) is 0 Å². The lowest BCUT2D eigenvalue weighted by Gasteiger charge is -2.16. The second-order valence-corrected chi connectivity index (χ2v) is 10.6. The molecule has 4 rings (SSSR count). The lowest BCUT2D eigenvalue weighted by Crippen LogP contribution is -2.24. The first-order valence-electron chi connectivity index (χ1n) is 10.6. The Morgan fingerprint density at radius 3 is 2.49 bits per heavy atom. The molecule has 0 saturated heterocycles. The number of fused-ring (bicyclic) bond motifs is 1. The largest absolute Gasteiger partial charge is 0.289 e. The van der Waals surface area contributed by atoms with Crippen LogP contribution in [-0.2, 0) is 15.8 Å². The summed E-state index contributed by atoms with van der Waals surface area (Å²) in [4.78, 5) is 22.0. The second kappa shape index (κ2) is 9.74. The van der Waals surface area contributed by atoms with Crippen LogP contribution in [0.4, 0.5) is 14.5 Å². The summed E-state index contributed by atoms with van der Waals surface area (Å²) >= 11 is 1.36. The second-order valence-electron chi connectivity index (χ2n) is 8.11. The molecule has 0 bridgehead atoms. The molecular weight excluding hydrogens is 494 g/mol. The molecule has 0 saturated carbocycles. The van der Waals surface area contributed by atoms with Crippen LogP contribution in [0, 0.1) is 11.6 Å². The Kier molecular flexibility index (Phi) is 6.91. The lowest BCUT2D eigenvalue weighted by molar-refractivity contribution is 0.589. The molecule has 0 aliphatic heterocycles. The molecule has 0 radical (unpaired) electrons. The number of nitrogens with zero attached hydrogens (tertiary/aromatic N) is 3. The van der Waals surface area contributed by atoms with E-state index in [1.54, 1.807) is 12.3 Å². The minimum Gasteiger partial charge on any atom is -0.289 e. The Labute approximate surface area is 205 Å². The highest BCUT2D eigenvalue weighted by atomic mass is 32.2. The summed E-state index contributed by atoms with van der Waals surface area (Å²) in [5, 5.41) is 1.14. The molecule has 1 N–H and O–H groups in total. The van der Waals surface area contributed by atoms with Gasteiger partial charge in [-0.15, -0.1) is 0 Å². The molecule has 0 aliphatic carbocycles. The summed E-state index contributed by atoms with van der Waals surface area (Å²) in [6, 6.07) is 10.6. The van der Waals surface area contributed by atoms with Crippen molar-refractivity contribution in [1.82, 2.24) is 14.5 Å². The minimum absolute atomic E-state index is 0.0331. The van der Waals surface area contributed by atoms with Crippen molar-refractivity contribution in [2.75, 3.05) is 11.0 Å². The van der Waals surface area contributed by atoms with Crippen molar-refractivity contribution in [1.29, 1.82) is 0 Å². The van der Waals surface area contributed by atoms with E-state index in [4.69, 9.17) is 0 Å². The van der Waals surface area contributed by atoms with E-state index in [2.05, 4.69) is 14.7 Å². The number of nitrogens with one attached hydrogen (secondary N) is 1. The summed E-state index contributed by atoms with van der Waals surface area (Å²) in [6.45, 7) is 3.69. The summed E-state index contributed by atoms with van der Waals surface area (Å²) in [6.07, 6.45) is 3.44. The molecule has 0 fully saturated rings. The van der Waals surface area contributed by atoms with E-state index in [9.17, 15) is 22.0 Å². The Balaban J connectivity index is 1.71. The Morgan fingerprint density at radius 1 is 1.09 bits per heavy atom. The number of anilines is 1. The standard InChI is InChI=1S/C24H22F2N4O3S2/c1-14(2)30-22-17(12-27-24(28-22)34-3)10-18(23(30)31)15-8-9-21(20(26)11-15)29-35(32,33)13-16-6-4-5-7-19(16)25/h4-12,14,29H,13H2,1-3H3. The number of thioether (sulfide) groups is 1. The number of hydrogen-bond acceptors (Lipinski definition) is 6. The van der Waals surface area contributed by atoms with Crippen molar-refractivity contribution in [3.05, 3.63) is 82.3 Å². The van der Waals surface area contributed by atoms with Crippen LogP contribution in [0.25, 0.3) is 22.2 Å². The van der Waals surface area contributed by atoms with E-state index in [0.717, 1.165) is 12.1 Å². The van der Waals surface area contributed by atoms with Crippen LogP contribution in [0.2, 0.25) is 0 Å². The van der Waals surface area contributed by atoms with Crippen LogP contribution in [-0.4, -0.2) is 29.2 Å². The summed E-state index contributed by atoms with van der Waals surface area (Å²) in [7, 11) is -4.09. The lowest BCUT2D eigenvalue weighted by atomic mass is 10.0. The quantitative estimate of drug-likeness (QED) is 0.275. The van der Waals surface area contributed by atoms with Gasteiger partial charge in [0.2, 0.25) is 10.0 Å². The van der Waals surface area contributed by atoms with Crippen molar-refractivity contribution in [3.63, 3.8) is 0 Å². The third-order valence-corrected chi connectivity index (χ3v) is 7.08. The first-order valence-corrected chi connectivity index (χ1v) is 13.5. The molecule has 11 heteroatoms. The van der Waals surface area contributed by atoms with Crippen molar-refractivity contribution < 1.29 is 17.2 Å². The van der Waals surface area contributed by atoms with Gasteiger partial charge in [0.05, 0.1) is 11.4 Å². The van der Waals surface area contributed by atoms with Gasteiger partial charge >= 0.3 is 0 Å². The number of aromatic nitrogens is 3. The fourth-order valence-corrected chi connectivity index (χ4v) is 5.23. The SMILES string of the molecule is CSc1ncc2cc(-c3ccc(NS(=O)(=O)Cc4ccccc4F)c(F)c3)c(=O)n(C(C)C)c2n1. The smallest absolute Gasteiger partial charge is 0.260 e. The fourth-order valence-electron chi connectivity index (χ4n) is 3.68.